The van der Waals surface area contributed by atoms with Gasteiger partial charge in [-0.2, -0.15) is 0 Å². The van der Waals surface area contributed by atoms with Gasteiger partial charge in [0.05, 0.1) is 6.54 Å². The lowest BCUT2D eigenvalue weighted by Gasteiger charge is -2.29. The number of rotatable bonds is 7. The van der Waals surface area contributed by atoms with Gasteiger partial charge in [-0.3, -0.25) is 4.79 Å². The average Bonchev–Trinajstić information content (AvgIpc) is 2.36. The highest BCUT2D eigenvalue weighted by Gasteiger charge is 2.17. The van der Waals surface area contributed by atoms with Gasteiger partial charge in [-0.05, 0) is 51.7 Å². The highest BCUT2D eigenvalue weighted by atomic mass is 16.1. The van der Waals surface area contributed by atoms with Crippen molar-refractivity contribution in [3.8, 4) is 0 Å². The first kappa shape index (κ1) is 15.4. The zero-order valence-electron chi connectivity index (χ0n) is 12.2. The summed E-state index contributed by atoms with van der Waals surface area (Å²) in [6.45, 7) is 8.00. The summed E-state index contributed by atoms with van der Waals surface area (Å²) in [4.78, 5) is 14.1. The molecule has 4 heteroatoms. The molecule has 0 aliphatic carbocycles. The predicted octanol–water partition coefficient (Wildman–Crippen LogP) is 1.22. The summed E-state index contributed by atoms with van der Waals surface area (Å²) in [5, 5.41) is 6.34. The van der Waals surface area contributed by atoms with E-state index in [2.05, 4.69) is 36.4 Å². The second kappa shape index (κ2) is 8.48. The maximum atomic E-state index is 11.7. The van der Waals surface area contributed by atoms with Crippen molar-refractivity contribution in [3.63, 3.8) is 0 Å². The Morgan fingerprint density at radius 3 is 2.72 bits per heavy atom. The molecule has 1 heterocycles. The van der Waals surface area contributed by atoms with Gasteiger partial charge in [0.15, 0.2) is 0 Å². The van der Waals surface area contributed by atoms with E-state index in [1.54, 1.807) is 0 Å². The van der Waals surface area contributed by atoms with Crippen molar-refractivity contribution in [2.45, 2.75) is 45.6 Å². The molecule has 2 N–H and O–H groups in total. The standard InChI is InChI=1S/C14H29N3O/c1-4-13(5-2)16-14(18)10-15-9-12-7-6-8-17(3)11-12/h12-13,15H,4-11H2,1-3H3,(H,16,18). The van der Waals surface area contributed by atoms with E-state index in [4.69, 9.17) is 0 Å². The zero-order valence-corrected chi connectivity index (χ0v) is 12.2. The van der Waals surface area contributed by atoms with E-state index in [0.717, 1.165) is 25.9 Å². The normalized spacial score (nSPS) is 21.2. The van der Waals surface area contributed by atoms with Gasteiger partial charge in [0, 0.05) is 12.6 Å². The maximum Gasteiger partial charge on any atom is 0.234 e. The second-order valence-corrected chi connectivity index (χ2v) is 5.48. The highest BCUT2D eigenvalue weighted by molar-refractivity contribution is 5.78. The minimum atomic E-state index is 0.132. The SMILES string of the molecule is CCC(CC)NC(=O)CNCC1CCCN(C)C1. The number of carbonyl (C=O) groups excluding carboxylic acids is 1. The molecule has 1 fully saturated rings. The molecular formula is C14H29N3O. The first-order chi connectivity index (χ1) is 8.65. The Morgan fingerprint density at radius 2 is 2.11 bits per heavy atom. The van der Waals surface area contributed by atoms with Gasteiger partial charge in [0.25, 0.3) is 0 Å². The van der Waals surface area contributed by atoms with Crippen molar-refractivity contribution in [1.82, 2.24) is 15.5 Å². The first-order valence-corrected chi connectivity index (χ1v) is 7.34. The van der Waals surface area contributed by atoms with E-state index >= 15 is 0 Å². The Kier molecular flexibility index (Phi) is 7.28. The third-order valence-electron chi connectivity index (χ3n) is 3.79. The molecule has 1 aliphatic rings. The van der Waals surface area contributed by atoms with E-state index in [1.165, 1.54) is 19.4 Å². The lowest BCUT2D eigenvalue weighted by atomic mass is 9.98. The molecule has 0 aromatic carbocycles. The van der Waals surface area contributed by atoms with Crippen LogP contribution in [-0.4, -0.2) is 50.1 Å². The molecule has 1 atom stereocenters. The topological polar surface area (TPSA) is 44.4 Å². The minimum absolute atomic E-state index is 0.132. The fourth-order valence-electron chi connectivity index (χ4n) is 2.60. The quantitative estimate of drug-likeness (QED) is 0.719. The molecule has 1 aliphatic heterocycles. The van der Waals surface area contributed by atoms with Crippen LogP contribution < -0.4 is 10.6 Å². The van der Waals surface area contributed by atoms with Crippen molar-refractivity contribution in [1.29, 1.82) is 0 Å². The first-order valence-electron chi connectivity index (χ1n) is 7.34. The lowest BCUT2D eigenvalue weighted by molar-refractivity contribution is -0.121. The molecule has 0 aromatic rings. The van der Waals surface area contributed by atoms with Gasteiger partial charge in [-0.25, -0.2) is 0 Å². The van der Waals surface area contributed by atoms with E-state index in [0.29, 0.717) is 18.5 Å². The number of amides is 1. The Labute approximate surface area is 111 Å². The molecule has 1 amide bonds. The molecule has 0 aromatic heterocycles. The third-order valence-corrected chi connectivity index (χ3v) is 3.79. The van der Waals surface area contributed by atoms with E-state index in [9.17, 15) is 4.79 Å². The van der Waals surface area contributed by atoms with Crippen molar-refractivity contribution in [2.75, 3.05) is 33.2 Å². The molecule has 4 nitrogen and oxygen atoms in total. The lowest BCUT2D eigenvalue weighted by Crippen LogP contribution is -2.43. The molecule has 0 spiro atoms. The fourth-order valence-corrected chi connectivity index (χ4v) is 2.60. The van der Waals surface area contributed by atoms with E-state index < -0.39 is 0 Å². The molecule has 1 rings (SSSR count). The van der Waals surface area contributed by atoms with Gasteiger partial charge >= 0.3 is 0 Å². The van der Waals surface area contributed by atoms with Gasteiger partial charge in [0.1, 0.15) is 0 Å². The van der Waals surface area contributed by atoms with Crippen molar-refractivity contribution >= 4 is 5.91 Å². The van der Waals surface area contributed by atoms with E-state index in [1.807, 2.05) is 0 Å². The number of nitrogens with one attached hydrogen (secondary N) is 2. The zero-order chi connectivity index (χ0) is 13.4. The predicted molar refractivity (Wildman–Crippen MR) is 75.6 cm³/mol. The number of likely N-dealkylation sites (tertiary alicyclic amines) is 1. The van der Waals surface area contributed by atoms with Crippen LogP contribution in [0, 0.1) is 5.92 Å². The van der Waals surface area contributed by atoms with Crippen LogP contribution in [-0.2, 0) is 4.79 Å². The monoisotopic (exact) mass is 255 g/mol. The molecule has 1 unspecified atom stereocenters. The molecule has 0 saturated carbocycles. The number of hydrogen-bond donors (Lipinski definition) is 2. The van der Waals surface area contributed by atoms with Crippen LogP contribution in [0.3, 0.4) is 0 Å². The van der Waals surface area contributed by atoms with Crippen molar-refractivity contribution in [3.05, 3.63) is 0 Å². The maximum absolute atomic E-state index is 11.7. The Balaban J connectivity index is 2.11. The Hall–Kier alpha value is -0.610. The molecule has 18 heavy (non-hydrogen) atoms. The largest absolute Gasteiger partial charge is 0.352 e. The molecular weight excluding hydrogens is 226 g/mol. The molecule has 0 radical (unpaired) electrons. The summed E-state index contributed by atoms with van der Waals surface area (Å²) in [7, 11) is 2.17. The van der Waals surface area contributed by atoms with Crippen LogP contribution in [0.2, 0.25) is 0 Å². The van der Waals surface area contributed by atoms with Crippen molar-refractivity contribution < 1.29 is 4.79 Å². The number of hydrogen-bond acceptors (Lipinski definition) is 3. The number of piperidine rings is 1. The van der Waals surface area contributed by atoms with Crippen LogP contribution in [0.4, 0.5) is 0 Å². The Bertz CT molecular complexity index is 241. The third kappa shape index (κ3) is 5.83. The van der Waals surface area contributed by atoms with Gasteiger partial charge in [-0.1, -0.05) is 13.8 Å². The van der Waals surface area contributed by atoms with E-state index in [-0.39, 0.29) is 5.91 Å². The fraction of sp³-hybridized carbons (Fsp3) is 0.929. The highest BCUT2D eigenvalue weighted by Crippen LogP contribution is 2.13. The van der Waals surface area contributed by atoms with Crippen LogP contribution in [0.15, 0.2) is 0 Å². The Morgan fingerprint density at radius 1 is 1.39 bits per heavy atom. The van der Waals surface area contributed by atoms with Crippen LogP contribution in [0.25, 0.3) is 0 Å². The van der Waals surface area contributed by atoms with Crippen LogP contribution in [0.1, 0.15) is 39.5 Å². The summed E-state index contributed by atoms with van der Waals surface area (Å²) in [6.07, 6.45) is 4.58. The second-order valence-electron chi connectivity index (χ2n) is 5.48. The van der Waals surface area contributed by atoms with Gasteiger partial charge in [0.2, 0.25) is 5.91 Å². The van der Waals surface area contributed by atoms with Crippen LogP contribution >= 0.6 is 0 Å². The summed E-state index contributed by atoms with van der Waals surface area (Å²) in [5.41, 5.74) is 0. The summed E-state index contributed by atoms with van der Waals surface area (Å²) in [6, 6.07) is 0.333. The smallest absolute Gasteiger partial charge is 0.234 e. The van der Waals surface area contributed by atoms with Crippen LogP contribution in [0.5, 0.6) is 0 Å². The van der Waals surface area contributed by atoms with Crippen molar-refractivity contribution in [2.24, 2.45) is 5.92 Å². The number of carbonyl (C=O) groups is 1. The number of nitrogens with zero attached hydrogens (tertiary/aromatic N) is 1. The van der Waals surface area contributed by atoms with Gasteiger partial charge in [-0.15, -0.1) is 0 Å². The summed E-state index contributed by atoms with van der Waals surface area (Å²) in [5.74, 6) is 0.831. The summed E-state index contributed by atoms with van der Waals surface area (Å²) >= 11 is 0. The van der Waals surface area contributed by atoms with Gasteiger partial charge < -0.3 is 15.5 Å². The minimum Gasteiger partial charge on any atom is -0.352 e. The summed E-state index contributed by atoms with van der Waals surface area (Å²) < 4.78 is 0. The molecule has 0 bridgehead atoms. The molecule has 106 valence electrons. The molecule has 1 saturated heterocycles. The average molecular weight is 255 g/mol.